The minimum absolute atomic E-state index is 0.879. The summed E-state index contributed by atoms with van der Waals surface area (Å²) in [6, 6.07) is 12.7. The minimum Gasteiger partial charge on any atom is -0.496 e. The summed E-state index contributed by atoms with van der Waals surface area (Å²) >= 11 is 2.34. The lowest BCUT2D eigenvalue weighted by Gasteiger charge is -2.29. The van der Waals surface area contributed by atoms with Crippen LogP contribution in [0.25, 0.3) is 0 Å². The van der Waals surface area contributed by atoms with E-state index in [1.54, 1.807) is 7.11 Å². The third-order valence-electron chi connectivity index (χ3n) is 4.43. The molecule has 1 fully saturated rings. The summed E-state index contributed by atoms with van der Waals surface area (Å²) in [5.41, 5.74) is 4.47. The summed E-state index contributed by atoms with van der Waals surface area (Å²) in [7, 11) is 1.72. The molecule has 4 heteroatoms. The van der Waals surface area contributed by atoms with Gasteiger partial charge in [-0.05, 0) is 84.7 Å². The van der Waals surface area contributed by atoms with Crippen molar-refractivity contribution in [2.45, 2.75) is 26.2 Å². The normalized spacial score (nSPS) is 15.0. The molecule has 1 saturated heterocycles. The van der Waals surface area contributed by atoms with Crippen molar-refractivity contribution in [2.24, 2.45) is 4.99 Å². The van der Waals surface area contributed by atoms with Gasteiger partial charge in [-0.25, -0.2) is 0 Å². The topological polar surface area (TPSA) is 24.8 Å². The average molecular weight is 434 g/mol. The molecule has 0 unspecified atom stereocenters. The molecule has 0 atom stereocenters. The minimum atomic E-state index is 0.879. The number of halogens is 1. The van der Waals surface area contributed by atoms with E-state index >= 15 is 0 Å². The van der Waals surface area contributed by atoms with Gasteiger partial charge in [0, 0.05) is 40.2 Å². The summed E-state index contributed by atoms with van der Waals surface area (Å²) in [5, 5.41) is 0. The molecule has 2 aromatic rings. The van der Waals surface area contributed by atoms with E-state index < -0.39 is 0 Å². The number of aliphatic imine (C=N–C) groups is 1. The van der Waals surface area contributed by atoms with Crippen LogP contribution in [0.5, 0.6) is 5.75 Å². The summed E-state index contributed by atoms with van der Waals surface area (Å²) in [4.78, 5) is 7.05. The molecule has 0 N–H and O–H groups in total. The summed E-state index contributed by atoms with van der Waals surface area (Å²) < 4.78 is 6.85. The van der Waals surface area contributed by atoms with Gasteiger partial charge in [0.15, 0.2) is 0 Å². The van der Waals surface area contributed by atoms with E-state index in [1.807, 2.05) is 12.3 Å². The van der Waals surface area contributed by atoms with Crippen LogP contribution in [0.3, 0.4) is 0 Å². The highest BCUT2D eigenvalue weighted by molar-refractivity contribution is 14.1. The van der Waals surface area contributed by atoms with Crippen LogP contribution in [0.1, 0.15) is 30.4 Å². The monoisotopic (exact) mass is 434 g/mol. The lowest BCUT2D eigenvalue weighted by atomic mass is 10.1. The number of methoxy groups -OCH3 is 1. The quantitative estimate of drug-likeness (QED) is 0.479. The van der Waals surface area contributed by atoms with Gasteiger partial charge < -0.3 is 9.64 Å². The highest BCUT2D eigenvalue weighted by atomic mass is 127. The van der Waals surface area contributed by atoms with Gasteiger partial charge in [0.2, 0.25) is 0 Å². The number of hydrogen-bond acceptors (Lipinski definition) is 3. The summed E-state index contributed by atoms with van der Waals surface area (Å²) in [6.07, 6.45) is 5.78. The van der Waals surface area contributed by atoms with Gasteiger partial charge in [0.05, 0.1) is 12.8 Å². The number of hydrogen-bond donors (Lipinski definition) is 0. The molecule has 2 aromatic carbocycles. The third kappa shape index (κ3) is 4.09. The van der Waals surface area contributed by atoms with Crippen LogP contribution >= 0.6 is 22.6 Å². The highest BCUT2D eigenvalue weighted by Crippen LogP contribution is 2.27. The Morgan fingerprint density at radius 3 is 2.58 bits per heavy atom. The van der Waals surface area contributed by atoms with Crippen molar-refractivity contribution in [1.82, 2.24) is 0 Å². The first kappa shape index (κ1) is 17.3. The van der Waals surface area contributed by atoms with E-state index in [4.69, 9.17) is 4.74 Å². The smallest absolute Gasteiger partial charge is 0.129 e. The first-order valence-corrected chi connectivity index (χ1v) is 9.48. The fourth-order valence-electron chi connectivity index (χ4n) is 3.01. The Bertz CT molecular complexity index is 736. The second kappa shape index (κ2) is 8.01. The average Bonchev–Trinajstić information content (AvgIpc) is 2.63. The number of piperidine rings is 1. The molecular formula is C20H23IN2O. The lowest BCUT2D eigenvalue weighted by Crippen LogP contribution is -2.29. The van der Waals surface area contributed by atoms with Crippen LogP contribution in [0.15, 0.2) is 41.4 Å². The van der Waals surface area contributed by atoms with Crippen LogP contribution in [0, 0.1) is 10.5 Å². The van der Waals surface area contributed by atoms with Crippen LogP contribution in [0.4, 0.5) is 11.4 Å². The van der Waals surface area contributed by atoms with Crippen molar-refractivity contribution >= 4 is 40.2 Å². The summed E-state index contributed by atoms with van der Waals surface area (Å²) in [6.45, 7) is 4.38. The molecule has 3 rings (SSSR count). The van der Waals surface area contributed by atoms with E-state index in [-0.39, 0.29) is 0 Å². The molecule has 126 valence electrons. The van der Waals surface area contributed by atoms with Crippen LogP contribution in [-0.2, 0) is 0 Å². The van der Waals surface area contributed by atoms with Crippen LogP contribution in [0.2, 0.25) is 0 Å². The molecular weight excluding hydrogens is 411 g/mol. The van der Waals surface area contributed by atoms with Crippen LogP contribution < -0.4 is 9.64 Å². The van der Waals surface area contributed by atoms with Crippen molar-refractivity contribution in [2.75, 3.05) is 25.1 Å². The molecule has 0 aromatic heterocycles. The van der Waals surface area contributed by atoms with E-state index in [1.165, 1.54) is 34.1 Å². The predicted octanol–water partition coefficient (Wildman–Crippen LogP) is 5.35. The Morgan fingerprint density at radius 1 is 1.08 bits per heavy atom. The molecule has 0 spiro atoms. The maximum Gasteiger partial charge on any atom is 0.129 e. The number of aryl methyl sites for hydroxylation is 1. The molecule has 0 aliphatic carbocycles. The largest absolute Gasteiger partial charge is 0.496 e. The van der Waals surface area contributed by atoms with Gasteiger partial charge in [-0.3, -0.25) is 4.99 Å². The zero-order valence-corrected chi connectivity index (χ0v) is 16.4. The first-order valence-electron chi connectivity index (χ1n) is 8.40. The highest BCUT2D eigenvalue weighted by Gasteiger charge is 2.12. The predicted molar refractivity (Wildman–Crippen MR) is 110 cm³/mol. The van der Waals surface area contributed by atoms with Gasteiger partial charge in [-0.2, -0.15) is 0 Å². The number of ether oxygens (including phenoxy) is 1. The zero-order valence-electron chi connectivity index (χ0n) is 14.3. The number of nitrogens with zero attached hydrogens (tertiary/aromatic N) is 2. The molecule has 1 aliphatic rings. The molecule has 1 heterocycles. The molecule has 24 heavy (non-hydrogen) atoms. The van der Waals surface area contributed by atoms with Gasteiger partial charge in [-0.15, -0.1) is 0 Å². The van der Waals surface area contributed by atoms with Gasteiger partial charge >= 0.3 is 0 Å². The van der Waals surface area contributed by atoms with E-state index in [9.17, 15) is 0 Å². The Labute approximate surface area is 157 Å². The van der Waals surface area contributed by atoms with Crippen molar-refractivity contribution in [3.05, 3.63) is 51.1 Å². The fourth-order valence-corrected chi connectivity index (χ4v) is 3.34. The van der Waals surface area contributed by atoms with Gasteiger partial charge in [0.1, 0.15) is 5.75 Å². The fraction of sp³-hybridized carbons (Fsp3) is 0.350. The van der Waals surface area contributed by atoms with Gasteiger partial charge in [-0.1, -0.05) is 0 Å². The molecule has 0 bridgehead atoms. The number of benzene rings is 2. The molecule has 0 radical (unpaired) electrons. The van der Waals surface area contributed by atoms with E-state index in [2.05, 4.69) is 69.7 Å². The maximum atomic E-state index is 5.59. The van der Waals surface area contributed by atoms with Crippen LogP contribution in [-0.4, -0.2) is 26.4 Å². The van der Waals surface area contributed by atoms with Crippen molar-refractivity contribution in [3.63, 3.8) is 0 Å². The molecule has 0 amide bonds. The Balaban J connectivity index is 1.82. The number of anilines is 1. The lowest BCUT2D eigenvalue weighted by molar-refractivity contribution is 0.414. The molecule has 1 aliphatic heterocycles. The first-order chi connectivity index (χ1) is 11.7. The van der Waals surface area contributed by atoms with Crippen molar-refractivity contribution in [1.29, 1.82) is 0 Å². The number of rotatable bonds is 4. The standard InChI is InChI=1S/C20H23IN2O/c1-15-12-17(7-9-19(15)21)22-14-16-6-8-18(13-20(16)24-2)23-10-4-3-5-11-23/h6-9,12-14H,3-5,10-11H2,1-2H3. The second-order valence-electron chi connectivity index (χ2n) is 6.17. The van der Waals surface area contributed by atoms with Gasteiger partial charge in [0.25, 0.3) is 0 Å². The Kier molecular flexibility index (Phi) is 5.76. The van der Waals surface area contributed by atoms with Crippen molar-refractivity contribution in [3.8, 4) is 5.75 Å². The summed E-state index contributed by atoms with van der Waals surface area (Å²) in [5.74, 6) is 0.879. The Hall–Kier alpha value is -1.56. The van der Waals surface area contributed by atoms with Crippen molar-refractivity contribution < 1.29 is 4.74 Å². The van der Waals surface area contributed by atoms with E-state index in [0.29, 0.717) is 0 Å². The SMILES string of the molecule is COc1cc(N2CCCCC2)ccc1C=Nc1ccc(I)c(C)c1. The Morgan fingerprint density at radius 2 is 1.88 bits per heavy atom. The molecule has 0 saturated carbocycles. The maximum absolute atomic E-state index is 5.59. The molecule has 3 nitrogen and oxygen atoms in total. The van der Waals surface area contributed by atoms with E-state index in [0.717, 1.165) is 30.1 Å². The second-order valence-corrected chi connectivity index (χ2v) is 7.33. The third-order valence-corrected chi connectivity index (χ3v) is 5.64. The zero-order chi connectivity index (χ0) is 16.9.